The molecule has 0 atom stereocenters. The van der Waals surface area contributed by atoms with Gasteiger partial charge in [-0.25, -0.2) is 13.1 Å². The van der Waals surface area contributed by atoms with E-state index in [1.807, 2.05) is 18.2 Å². The van der Waals surface area contributed by atoms with Crippen LogP contribution in [0.4, 0.5) is 0 Å². The highest BCUT2D eigenvalue weighted by Gasteiger charge is 2.16. The fraction of sp³-hybridized carbons (Fsp3) is 0.105. The van der Waals surface area contributed by atoms with E-state index in [0.717, 1.165) is 16.7 Å². The average Bonchev–Trinajstić information content (AvgIpc) is 3.15. The minimum absolute atomic E-state index is 0.217. The van der Waals surface area contributed by atoms with Crippen molar-refractivity contribution >= 4 is 10.0 Å². The SMILES string of the molecule is O=S(=O)(NCc1ccncc1)c1ccc(-c2ccc3c(c2)OCO3)cc1. The van der Waals surface area contributed by atoms with Gasteiger partial charge in [-0.15, -0.1) is 0 Å². The average molecular weight is 368 g/mol. The van der Waals surface area contributed by atoms with Gasteiger partial charge in [0.25, 0.3) is 0 Å². The van der Waals surface area contributed by atoms with Crippen LogP contribution in [-0.4, -0.2) is 20.2 Å². The Morgan fingerprint density at radius 3 is 2.35 bits per heavy atom. The molecule has 0 spiro atoms. The third-order valence-electron chi connectivity index (χ3n) is 4.09. The van der Waals surface area contributed by atoms with Gasteiger partial charge in [-0.05, 0) is 53.1 Å². The number of benzene rings is 2. The highest BCUT2D eigenvalue weighted by molar-refractivity contribution is 7.89. The number of rotatable bonds is 5. The Morgan fingerprint density at radius 1 is 0.885 bits per heavy atom. The minimum Gasteiger partial charge on any atom is -0.454 e. The van der Waals surface area contributed by atoms with Gasteiger partial charge < -0.3 is 9.47 Å². The summed E-state index contributed by atoms with van der Waals surface area (Å²) in [6, 6.07) is 15.9. The molecule has 132 valence electrons. The predicted octanol–water partition coefficient (Wildman–Crippen LogP) is 2.96. The predicted molar refractivity (Wildman–Crippen MR) is 96.3 cm³/mol. The molecule has 4 rings (SSSR count). The normalized spacial score (nSPS) is 12.9. The van der Waals surface area contributed by atoms with E-state index in [4.69, 9.17) is 9.47 Å². The third kappa shape index (κ3) is 3.40. The van der Waals surface area contributed by atoms with E-state index in [1.54, 1.807) is 48.8 Å². The molecular formula is C19H16N2O4S. The molecule has 6 nitrogen and oxygen atoms in total. The molecule has 1 aromatic heterocycles. The van der Waals surface area contributed by atoms with Crippen molar-refractivity contribution in [2.75, 3.05) is 6.79 Å². The molecule has 26 heavy (non-hydrogen) atoms. The van der Waals surface area contributed by atoms with Gasteiger partial charge in [-0.2, -0.15) is 0 Å². The third-order valence-corrected chi connectivity index (χ3v) is 5.50. The van der Waals surface area contributed by atoms with Crippen LogP contribution in [0.25, 0.3) is 11.1 Å². The van der Waals surface area contributed by atoms with E-state index in [-0.39, 0.29) is 18.2 Å². The second-order valence-electron chi connectivity index (χ2n) is 5.77. The monoisotopic (exact) mass is 368 g/mol. The molecule has 2 heterocycles. The van der Waals surface area contributed by atoms with Crippen LogP contribution in [0.3, 0.4) is 0 Å². The number of hydrogen-bond acceptors (Lipinski definition) is 5. The van der Waals surface area contributed by atoms with E-state index in [2.05, 4.69) is 9.71 Å². The van der Waals surface area contributed by atoms with Crippen LogP contribution in [0, 0.1) is 0 Å². The molecule has 0 aliphatic carbocycles. The van der Waals surface area contributed by atoms with Gasteiger partial charge in [0.2, 0.25) is 16.8 Å². The number of pyridine rings is 1. The summed E-state index contributed by atoms with van der Waals surface area (Å²) in [4.78, 5) is 4.13. The Labute approximate surface area is 151 Å². The molecule has 0 saturated carbocycles. The first kappa shape index (κ1) is 16.6. The van der Waals surface area contributed by atoms with E-state index in [1.165, 1.54) is 0 Å². The zero-order valence-electron chi connectivity index (χ0n) is 13.8. The molecule has 0 fully saturated rings. The maximum Gasteiger partial charge on any atom is 0.240 e. The summed E-state index contributed by atoms with van der Waals surface area (Å²) in [5, 5.41) is 0. The van der Waals surface area contributed by atoms with Crippen molar-refractivity contribution in [2.24, 2.45) is 0 Å². The van der Waals surface area contributed by atoms with Gasteiger partial charge in [0.05, 0.1) is 4.90 Å². The second-order valence-corrected chi connectivity index (χ2v) is 7.54. The molecule has 0 amide bonds. The molecule has 0 saturated heterocycles. The van der Waals surface area contributed by atoms with Crippen molar-refractivity contribution in [3.05, 3.63) is 72.6 Å². The Hall–Kier alpha value is -2.90. The molecule has 3 aromatic rings. The zero-order chi connectivity index (χ0) is 18.0. The number of sulfonamides is 1. The number of nitrogens with one attached hydrogen (secondary N) is 1. The van der Waals surface area contributed by atoms with Gasteiger partial charge in [0.1, 0.15) is 0 Å². The lowest BCUT2D eigenvalue weighted by Crippen LogP contribution is -2.23. The van der Waals surface area contributed by atoms with Gasteiger partial charge in [-0.3, -0.25) is 4.98 Å². The summed E-state index contributed by atoms with van der Waals surface area (Å²) in [6.07, 6.45) is 3.26. The largest absolute Gasteiger partial charge is 0.454 e. The molecule has 7 heteroatoms. The van der Waals surface area contributed by atoms with Crippen molar-refractivity contribution in [3.63, 3.8) is 0 Å². The topological polar surface area (TPSA) is 77.5 Å². The van der Waals surface area contributed by atoms with Crippen LogP contribution in [0.15, 0.2) is 71.9 Å². The van der Waals surface area contributed by atoms with Gasteiger partial charge in [0.15, 0.2) is 11.5 Å². The van der Waals surface area contributed by atoms with E-state index in [9.17, 15) is 8.42 Å². The molecule has 1 aliphatic rings. The van der Waals surface area contributed by atoms with Crippen molar-refractivity contribution < 1.29 is 17.9 Å². The standard InChI is InChI=1S/C19H16N2O4S/c22-26(23,21-12-14-7-9-20-10-8-14)17-4-1-15(2-5-17)16-3-6-18-19(11-16)25-13-24-18/h1-11,21H,12-13H2. The number of hydrogen-bond donors (Lipinski definition) is 1. The molecular weight excluding hydrogens is 352 g/mol. The molecule has 0 bridgehead atoms. The molecule has 1 aliphatic heterocycles. The summed E-state index contributed by atoms with van der Waals surface area (Å²) < 4.78 is 38.2. The highest BCUT2D eigenvalue weighted by atomic mass is 32.2. The number of aromatic nitrogens is 1. The lowest BCUT2D eigenvalue weighted by Gasteiger charge is -2.08. The number of ether oxygens (including phenoxy) is 2. The minimum atomic E-state index is -3.58. The Bertz CT molecular complexity index is 1020. The maximum absolute atomic E-state index is 12.4. The lowest BCUT2D eigenvalue weighted by atomic mass is 10.1. The molecule has 0 unspecified atom stereocenters. The first-order valence-corrected chi connectivity index (χ1v) is 9.49. The van der Waals surface area contributed by atoms with E-state index in [0.29, 0.717) is 11.5 Å². The smallest absolute Gasteiger partial charge is 0.240 e. The molecule has 1 N–H and O–H groups in total. The van der Waals surface area contributed by atoms with Crippen LogP contribution in [0.1, 0.15) is 5.56 Å². The first-order chi connectivity index (χ1) is 12.6. The van der Waals surface area contributed by atoms with Crippen molar-refractivity contribution in [1.29, 1.82) is 0 Å². The van der Waals surface area contributed by atoms with Crippen molar-refractivity contribution in [3.8, 4) is 22.6 Å². The van der Waals surface area contributed by atoms with Gasteiger partial charge in [0, 0.05) is 18.9 Å². The van der Waals surface area contributed by atoms with Crippen molar-refractivity contribution in [2.45, 2.75) is 11.4 Å². The fourth-order valence-electron chi connectivity index (χ4n) is 2.66. The van der Waals surface area contributed by atoms with Gasteiger partial charge >= 0.3 is 0 Å². The van der Waals surface area contributed by atoms with E-state index < -0.39 is 10.0 Å². The Morgan fingerprint density at radius 2 is 1.58 bits per heavy atom. The molecule has 2 aromatic carbocycles. The van der Waals surface area contributed by atoms with Crippen LogP contribution in [-0.2, 0) is 16.6 Å². The number of nitrogens with zero attached hydrogens (tertiary/aromatic N) is 1. The van der Waals surface area contributed by atoms with Crippen LogP contribution < -0.4 is 14.2 Å². The first-order valence-electron chi connectivity index (χ1n) is 8.00. The fourth-order valence-corrected chi connectivity index (χ4v) is 3.68. The van der Waals surface area contributed by atoms with E-state index >= 15 is 0 Å². The van der Waals surface area contributed by atoms with Gasteiger partial charge in [-0.1, -0.05) is 18.2 Å². The second kappa shape index (κ2) is 6.78. The van der Waals surface area contributed by atoms with Crippen LogP contribution in [0.2, 0.25) is 0 Å². The Balaban J connectivity index is 1.51. The summed E-state index contributed by atoms with van der Waals surface area (Å²) in [5.41, 5.74) is 2.68. The molecule has 0 radical (unpaired) electrons. The summed E-state index contributed by atoms with van der Waals surface area (Å²) in [5.74, 6) is 1.41. The highest BCUT2D eigenvalue weighted by Crippen LogP contribution is 2.36. The lowest BCUT2D eigenvalue weighted by molar-refractivity contribution is 0.174. The van der Waals surface area contributed by atoms with Crippen molar-refractivity contribution in [1.82, 2.24) is 9.71 Å². The summed E-state index contributed by atoms with van der Waals surface area (Å²) in [7, 11) is -3.58. The van der Waals surface area contributed by atoms with Crippen LogP contribution in [0.5, 0.6) is 11.5 Å². The zero-order valence-corrected chi connectivity index (χ0v) is 14.6. The summed E-state index contributed by atoms with van der Waals surface area (Å²) >= 11 is 0. The number of fused-ring (bicyclic) bond motifs is 1. The summed E-state index contributed by atoms with van der Waals surface area (Å²) in [6.45, 7) is 0.438. The maximum atomic E-state index is 12.4. The Kier molecular flexibility index (Phi) is 4.32. The quantitative estimate of drug-likeness (QED) is 0.749. The van der Waals surface area contributed by atoms with Crippen LogP contribution >= 0.6 is 0 Å².